The van der Waals surface area contributed by atoms with E-state index in [2.05, 4.69) is 20.6 Å². The first-order chi connectivity index (χ1) is 20.6. The Kier molecular flexibility index (Phi) is 9.53. The lowest BCUT2D eigenvalue weighted by Crippen LogP contribution is -2.51. The molecule has 12 heteroatoms. The monoisotopic (exact) mass is 624 g/mol. The topological polar surface area (TPSA) is 121 Å². The fourth-order valence-electron chi connectivity index (χ4n) is 4.18. The number of carboxylic acid groups (broad SMARTS) is 1. The summed E-state index contributed by atoms with van der Waals surface area (Å²) in [5, 5.41) is 14.4. The highest BCUT2D eigenvalue weighted by atomic mass is 32.1. The van der Waals surface area contributed by atoms with Crippen LogP contribution in [0.3, 0.4) is 0 Å². The fraction of sp³-hybridized carbons (Fsp3) is 0.281. The SMILES string of the molecule is CC(NC(=O)C(Cc1ccc(-c2ncc(-c3ccc(C(F)(F)F)cc3)cn2)cc1)NC(=O)c1ccc(C(C)(C)C)s1)C(=O)O. The van der Waals surface area contributed by atoms with Crippen LogP contribution >= 0.6 is 11.3 Å². The van der Waals surface area contributed by atoms with Gasteiger partial charge in [0, 0.05) is 34.8 Å². The number of aliphatic carboxylic acids is 1. The minimum Gasteiger partial charge on any atom is -0.480 e. The zero-order chi connectivity index (χ0) is 32.2. The van der Waals surface area contributed by atoms with E-state index in [1.807, 2.05) is 26.8 Å². The van der Waals surface area contributed by atoms with Crippen LogP contribution in [-0.2, 0) is 27.6 Å². The van der Waals surface area contributed by atoms with Gasteiger partial charge in [0.25, 0.3) is 5.91 Å². The Morgan fingerprint density at radius 1 is 0.841 bits per heavy atom. The molecule has 2 atom stereocenters. The van der Waals surface area contributed by atoms with E-state index >= 15 is 0 Å². The molecular weight excluding hydrogens is 593 g/mol. The van der Waals surface area contributed by atoms with Crippen molar-refractivity contribution < 1.29 is 32.7 Å². The number of carbonyl (C=O) groups excluding carboxylic acids is 2. The largest absolute Gasteiger partial charge is 0.480 e. The molecule has 2 heterocycles. The van der Waals surface area contributed by atoms with E-state index in [9.17, 15) is 32.7 Å². The third-order valence-corrected chi connectivity index (χ3v) is 8.28. The average Bonchev–Trinajstić information content (AvgIpc) is 3.48. The molecule has 0 bridgehead atoms. The van der Waals surface area contributed by atoms with E-state index in [4.69, 9.17) is 0 Å². The first-order valence-corrected chi connectivity index (χ1v) is 14.5. The summed E-state index contributed by atoms with van der Waals surface area (Å²) in [5.41, 5.74) is 1.56. The summed E-state index contributed by atoms with van der Waals surface area (Å²) in [4.78, 5) is 47.6. The maximum absolute atomic E-state index is 13.1. The second-order valence-electron chi connectivity index (χ2n) is 11.3. The molecule has 0 aliphatic carbocycles. The molecule has 8 nitrogen and oxygen atoms in total. The highest BCUT2D eigenvalue weighted by molar-refractivity contribution is 7.14. The third-order valence-electron chi connectivity index (χ3n) is 6.77. The quantitative estimate of drug-likeness (QED) is 0.206. The van der Waals surface area contributed by atoms with Gasteiger partial charge < -0.3 is 15.7 Å². The number of aromatic nitrogens is 2. The summed E-state index contributed by atoms with van der Waals surface area (Å²) in [5.74, 6) is -1.89. The summed E-state index contributed by atoms with van der Waals surface area (Å²) in [7, 11) is 0. The average molecular weight is 625 g/mol. The number of thiophene rings is 1. The number of hydrogen-bond acceptors (Lipinski definition) is 6. The van der Waals surface area contributed by atoms with Crippen LogP contribution in [0.15, 0.2) is 73.1 Å². The van der Waals surface area contributed by atoms with Crippen LogP contribution in [0.4, 0.5) is 13.2 Å². The number of nitrogens with zero attached hydrogens (tertiary/aromatic N) is 2. The van der Waals surface area contributed by atoms with Crippen LogP contribution in [0.5, 0.6) is 0 Å². The van der Waals surface area contributed by atoms with Gasteiger partial charge in [-0.15, -0.1) is 11.3 Å². The van der Waals surface area contributed by atoms with Crippen LogP contribution in [0.1, 0.15) is 53.4 Å². The molecule has 4 rings (SSSR count). The molecule has 0 fully saturated rings. The normalized spacial score (nSPS) is 13.2. The van der Waals surface area contributed by atoms with Crippen molar-refractivity contribution in [2.45, 2.75) is 57.8 Å². The lowest BCUT2D eigenvalue weighted by atomic mass is 9.95. The number of halogens is 3. The number of nitrogens with one attached hydrogen (secondary N) is 2. The molecule has 2 amide bonds. The number of benzene rings is 2. The van der Waals surface area contributed by atoms with Crippen molar-refractivity contribution in [2.24, 2.45) is 0 Å². The number of amides is 2. The van der Waals surface area contributed by atoms with Crippen molar-refractivity contribution in [2.75, 3.05) is 0 Å². The van der Waals surface area contributed by atoms with Gasteiger partial charge >= 0.3 is 12.1 Å². The Bertz CT molecular complexity index is 1630. The number of carboxylic acids is 1. The Labute approximate surface area is 256 Å². The van der Waals surface area contributed by atoms with Gasteiger partial charge in [-0.25, -0.2) is 9.97 Å². The number of alkyl halides is 3. The van der Waals surface area contributed by atoms with Crippen LogP contribution in [-0.4, -0.2) is 44.9 Å². The van der Waals surface area contributed by atoms with Gasteiger partial charge in [-0.05, 0) is 47.7 Å². The summed E-state index contributed by atoms with van der Waals surface area (Å²) in [6.45, 7) is 7.44. The fourth-order valence-corrected chi connectivity index (χ4v) is 5.15. The molecular formula is C32H31F3N4O4S. The second kappa shape index (κ2) is 13.0. The van der Waals surface area contributed by atoms with E-state index in [1.165, 1.54) is 42.8 Å². The maximum atomic E-state index is 13.1. The summed E-state index contributed by atoms with van der Waals surface area (Å²) in [6, 6.07) is 13.1. The molecule has 2 aromatic heterocycles. The molecule has 2 unspecified atom stereocenters. The van der Waals surface area contributed by atoms with Gasteiger partial charge in [-0.1, -0.05) is 57.2 Å². The van der Waals surface area contributed by atoms with Crippen molar-refractivity contribution in [1.82, 2.24) is 20.6 Å². The van der Waals surface area contributed by atoms with Crippen LogP contribution in [0.2, 0.25) is 0 Å². The van der Waals surface area contributed by atoms with E-state index in [0.29, 0.717) is 33.0 Å². The van der Waals surface area contributed by atoms with Gasteiger partial charge in [0.15, 0.2) is 5.82 Å². The van der Waals surface area contributed by atoms with Gasteiger partial charge in [0.2, 0.25) is 5.91 Å². The van der Waals surface area contributed by atoms with Crippen molar-refractivity contribution in [1.29, 1.82) is 0 Å². The minimum atomic E-state index is -4.42. The maximum Gasteiger partial charge on any atom is 0.416 e. The molecule has 3 N–H and O–H groups in total. The first kappa shape index (κ1) is 32.3. The van der Waals surface area contributed by atoms with Crippen LogP contribution in [0, 0.1) is 0 Å². The van der Waals surface area contributed by atoms with Crippen LogP contribution in [0.25, 0.3) is 22.5 Å². The van der Waals surface area contributed by atoms with E-state index in [1.54, 1.807) is 30.3 Å². The van der Waals surface area contributed by atoms with Gasteiger partial charge in [0.05, 0.1) is 10.4 Å². The molecule has 0 aliphatic rings. The predicted molar refractivity (Wildman–Crippen MR) is 161 cm³/mol. The lowest BCUT2D eigenvalue weighted by Gasteiger charge is -2.20. The van der Waals surface area contributed by atoms with E-state index in [0.717, 1.165) is 17.0 Å². The van der Waals surface area contributed by atoms with Crippen molar-refractivity contribution >= 4 is 29.1 Å². The lowest BCUT2D eigenvalue weighted by molar-refractivity contribution is -0.141. The highest BCUT2D eigenvalue weighted by Crippen LogP contribution is 2.31. The number of carbonyl (C=O) groups is 3. The van der Waals surface area contributed by atoms with Crippen molar-refractivity contribution in [3.05, 3.63) is 93.9 Å². The predicted octanol–water partition coefficient (Wildman–Crippen LogP) is 6.12. The molecule has 44 heavy (non-hydrogen) atoms. The summed E-state index contributed by atoms with van der Waals surface area (Å²) in [6.07, 6.45) is -1.28. The van der Waals surface area contributed by atoms with Gasteiger partial charge in [-0.3, -0.25) is 14.4 Å². The zero-order valence-electron chi connectivity index (χ0n) is 24.4. The molecule has 0 spiro atoms. The zero-order valence-corrected chi connectivity index (χ0v) is 25.2. The van der Waals surface area contributed by atoms with Gasteiger partial charge in [-0.2, -0.15) is 13.2 Å². The van der Waals surface area contributed by atoms with Crippen LogP contribution < -0.4 is 10.6 Å². The Balaban J connectivity index is 1.49. The Morgan fingerprint density at radius 2 is 1.43 bits per heavy atom. The minimum absolute atomic E-state index is 0.0927. The Morgan fingerprint density at radius 3 is 1.95 bits per heavy atom. The molecule has 230 valence electrons. The highest BCUT2D eigenvalue weighted by Gasteiger charge is 2.30. The Hall–Kier alpha value is -4.58. The molecule has 2 aromatic carbocycles. The number of rotatable bonds is 9. The second-order valence-corrected chi connectivity index (χ2v) is 12.4. The van der Waals surface area contributed by atoms with E-state index in [-0.39, 0.29) is 11.8 Å². The van der Waals surface area contributed by atoms with Crippen molar-refractivity contribution in [3.8, 4) is 22.5 Å². The molecule has 0 aliphatic heterocycles. The molecule has 0 radical (unpaired) electrons. The third kappa shape index (κ3) is 8.07. The molecule has 0 saturated heterocycles. The number of hydrogen-bond donors (Lipinski definition) is 3. The summed E-state index contributed by atoms with van der Waals surface area (Å²) >= 11 is 1.33. The first-order valence-electron chi connectivity index (χ1n) is 13.6. The molecule has 0 saturated carbocycles. The smallest absolute Gasteiger partial charge is 0.416 e. The van der Waals surface area contributed by atoms with E-state index < -0.39 is 41.6 Å². The van der Waals surface area contributed by atoms with Crippen molar-refractivity contribution in [3.63, 3.8) is 0 Å². The summed E-state index contributed by atoms with van der Waals surface area (Å²) < 4.78 is 38.6. The standard InChI is InChI=1S/C32H31F3N4O4S/c1-18(30(42)43)38-28(40)24(39-29(41)25-13-14-26(44-25)31(2,3)4)15-19-5-7-21(8-6-19)27-36-16-22(17-37-27)20-9-11-23(12-10-20)32(33,34)35/h5-14,16-18,24H,15H2,1-4H3,(H,38,40)(H,39,41)(H,42,43). The molecule has 4 aromatic rings. The van der Waals surface area contributed by atoms with Gasteiger partial charge in [0.1, 0.15) is 12.1 Å².